The van der Waals surface area contributed by atoms with E-state index in [0.29, 0.717) is 78.5 Å². The number of nitrogens with one attached hydrogen (secondary N) is 3. The van der Waals surface area contributed by atoms with Crippen molar-refractivity contribution in [3.05, 3.63) is 131 Å². The van der Waals surface area contributed by atoms with Crippen LogP contribution in [0.5, 0.6) is 5.75 Å². The molecule has 7 aliphatic rings. The number of carboxylic acids is 2. The number of carboxylic acid groups (broad SMARTS) is 2. The van der Waals surface area contributed by atoms with E-state index in [2.05, 4.69) is 34.8 Å². The highest BCUT2D eigenvalue weighted by molar-refractivity contribution is 7.22. The van der Waals surface area contributed by atoms with Gasteiger partial charge in [0, 0.05) is 93.7 Å². The van der Waals surface area contributed by atoms with E-state index in [0.717, 1.165) is 70.5 Å². The largest absolute Gasteiger partial charge is 0.480 e. The van der Waals surface area contributed by atoms with Crippen molar-refractivity contribution in [3.63, 3.8) is 0 Å². The lowest BCUT2D eigenvalue weighted by Crippen LogP contribution is -2.64. The number of fused-ring (bicyclic) bond motifs is 2. The molecule has 7 atom stereocenters. The van der Waals surface area contributed by atoms with Gasteiger partial charge in [-0.05, 0) is 146 Å². The van der Waals surface area contributed by atoms with E-state index in [9.17, 15) is 63.9 Å². The Balaban J connectivity index is 0.645. The number of ether oxygens (including phenoxy) is 4. The zero-order chi connectivity index (χ0) is 70.8. The maximum Gasteiger partial charge on any atom is 0.409 e. The highest BCUT2D eigenvalue weighted by Crippen LogP contribution is 2.72. The summed E-state index contributed by atoms with van der Waals surface area (Å²) in [5, 5.41) is 66.0. The summed E-state index contributed by atoms with van der Waals surface area (Å²) in [6, 6.07) is 21.5. The van der Waals surface area contributed by atoms with Crippen molar-refractivity contribution in [2.45, 2.75) is 147 Å². The molecule has 28 heteroatoms. The number of aliphatic hydroxyl groups is 3. The molecule has 3 aromatic heterocycles. The fourth-order valence-corrected chi connectivity index (χ4v) is 17.4. The van der Waals surface area contributed by atoms with E-state index in [1.165, 1.54) is 40.5 Å². The van der Waals surface area contributed by atoms with Crippen molar-refractivity contribution in [2.24, 2.45) is 16.2 Å². The number of nitrogens with zero attached hydrogens (tertiary/aromatic N) is 7. The molecule has 6 aromatic rings. The van der Waals surface area contributed by atoms with Gasteiger partial charge in [0.05, 0.1) is 34.3 Å². The van der Waals surface area contributed by atoms with Crippen LogP contribution < -0.4 is 25.6 Å². The summed E-state index contributed by atoms with van der Waals surface area (Å²) in [7, 11) is 1.63. The van der Waals surface area contributed by atoms with E-state index in [1.54, 1.807) is 37.5 Å². The Kier molecular flexibility index (Phi) is 20.4. The van der Waals surface area contributed by atoms with E-state index in [-0.39, 0.29) is 103 Å². The molecule has 1 saturated heterocycles. The number of unbranched alkanes of at least 4 members (excludes halogenated alkanes) is 2. The fraction of sp³-hybridized carbons (Fsp3) is 0.458. The monoisotopic (exact) mass is 1390 g/mol. The van der Waals surface area contributed by atoms with Crippen LogP contribution in [0, 0.1) is 23.2 Å². The number of aromatic nitrogens is 4. The van der Waals surface area contributed by atoms with Crippen LogP contribution in [0.1, 0.15) is 128 Å². The average Bonchev–Trinajstić information content (AvgIpc) is 0.755. The van der Waals surface area contributed by atoms with Gasteiger partial charge in [0.2, 0.25) is 11.8 Å². The summed E-state index contributed by atoms with van der Waals surface area (Å²) in [5.74, 6) is -4.30. The summed E-state index contributed by atoms with van der Waals surface area (Å²) in [6.45, 7) is 8.73. The number of thiazole rings is 1. The van der Waals surface area contributed by atoms with Crippen molar-refractivity contribution in [3.8, 4) is 16.9 Å². The van der Waals surface area contributed by atoms with Gasteiger partial charge in [-0.3, -0.25) is 38.9 Å². The minimum absolute atomic E-state index is 0.0216. The number of likely N-dealkylation sites (N-methyl/N-ethyl adjacent to an activating group) is 1. The number of pyridine rings is 1. The maximum atomic E-state index is 13.8. The number of carbonyl (C=O) groups is 8. The molecular weight excluding hydrogens is 1310 g/mol. The van der Waals surface area contributed by atoms with Gasteiger partial charge < -0.3 is 64.9 Å². The van der Waals surface area contributed by atoms with E-state index in [1.807, 2.05) is 65.0 Å². The summed E-state index contributed by atoms with van der Waals surface area (Å²) in [5.41, 5.74) is 4.89. The lowest BCUT2D eigenvalue weighted by Gasteiger charge is -2.69. The fourth-order valence-electron chi connectivity index (χ4n) is 16.5. The van der Waals surface area contributed by atoms with Crippen molar-refractivity contribution in [1.82, 2.24) is 34.9 Å². The number of aromatic carboxylic acids is 1. The van der Waals surface area contributed by atoms with Gasteiger partial charge in [-0.2, -0.15) is 5.10 Å². The Morgan fingerprint density at radius 2 is 1.60 bits per heavy atom. The number of aliphatic carboxylic acids is 1. The van der Waals surface area contributed by atoms with Crippen LogP contribution in [-0.4, -0.2) is 185 Å². The second-order valence-corrected chi connectivity index (χ2v) is 29.1. The van der Waals surface area contributed by atoms with Crippen molar-refractivity contribution < 1.29 is 82.8 Å². The van der Waals surface area contributed by atoms with Crippen molar-refractivity contribution in [2.75, 3.05) is 62.0 Å². The third-order valence-corrected chi connectivity index (χ3v) is 20.9. The van der Waals surface area contributed by atoms with Gasteiger partial charge in [-0.15, -0.1) is 0 Å². The summed E-state index contributed by atoms with van der Waals surface area (Å²) in [6.07, 6.45) is 4.87. The third-order valence-electron chi connectivity index (χ3n) is 19.9. The normalized spacial score (nSPS) is 25.1. The highest BCUT2D eigenvalue weighted by Gasteiger charge is 2.66. The number of carbonyl (C=O) groups excluding carboxylic acids is 6. The lowest BCUT2D eigenvalue weighted by molar-refractivity contribution is -0.274. The van der Waals surface area contributed by atoms with Gasteiger partial charge in [0.1, 0.15) is 30.4 Å². The first-order chi connectivity index (χ1) is 47.8. The first-order valence-electron chi connectivity index (χ1n) is 33.6. The van der Waals surface area contributed by atoms with Gasteiger partial charge >= 0.3 is 18.0 Å². The van der Waals surface area contributed by atoms with E-state index in [4.69, 9.17) is 29.0 Å². The molecule has 13 rings (SSSR count). The predicted octanol–water partition coefficient (Wildman–Crippen LogP) is 7.50. The van der Waals surface area contributed by atoms with E-state index >= 15 is 0 Å². The predicted molar refractivity (Wildman–Crippen MR) is 366 cm³/mol. The molecule has 4 bridgehead atoms. The number of rotatable bonds is 27. The lowest BCUT2D eigenvalue weighted by atomic mass is 9.39. The van der Waals surface area contributed by atoms with Crippen LogP contribution in [0.4, 0.5) is 21.4 Å². The molecule has 3 aromatic carbocycles. The van der Waals surface area contributed by atoms with Gasteiger partial charge in [0.15, 0.2) is 29.3 Å². The standard InChI is InChI=1S/C72H82N10O17S/c1-42-47(45-19-21-53(77-58(45)64(90)91)80-28-25-44-13-10-14-46(48(44)34-80)63(89)78-67-76-49-15-7-8-16-52(49)100-67)33-74-82(42)41-71-36-69(2)35-70(3,37-71)39-72(38-69,40-71)97-31-29-79(4)68(95)96-30-11-12-43-18-20-51(98-62-60(88)59(87)61(65(92)93)99-66(62)94)50(32-43)75-55(84)24-26-73-54(83)17-6-5-9-27-81-56(85)22-23-57(81)86/h7-8,10-16,18-23,32-33,59-62,66,87-88,94H,5-6,9,17,24-31,34-41H2,1-4H3,(H,73,83)(H,75,84)(H,90,91)(H,92,93)(H,76,78,89)/b12-11+/t59-,60-,61-,62+,66+,69?,70?,71?,72?/m0/s1. The topological polar surface area (TPSA) is 364 Å². The molecule has 3 aliphatic heterocycles. The first-order valence-corrected chi connectivity index (χ1v) is 34.4. The summed E-state index contributed by atoms with van der Waals surface area (Å²) < 4.78 is 26.5. The van der Waals surface area contributed by atoms with Gasteiger partial charge in [0.25, 0.3) is 17.7 Å². The minimum atomic E-state index is -2.00. The molecule has 528 valence electrons. The number of anilines is 3. The Bertz CT molecular complexity index is 4180. The molecule has 2 unspecified atom stereocenters. The van der Waals surface area contributed by atoms with Gasteiger partial charge in [-0.25, -0.2) is 24.4 Å². The van der Waals surface area contributed by atoms with Crippen molar-refractivity contribution in [1.29, 1.82) is 0 Å². The van der Waals surface area contributed by atoms with E-state index < -0.39 is 60.2 Å². The molecule has 100 heavy (non-hydrogen) atoms. The molecular formula is C72H82N10O17S. The second kappa shape index (κ2) is 29.0. The van der Waals surface area contributed by atoms with Crippen LogP contribution in [-0.2, 0) is 57.7 Å². The summed E-state index contributed by atoms with van der Waals surface area (Å²) in [4.78, 5) is 115. The molecule has 8 N–H and O–H groups in total. The number of hydrogen-bond donors (Lipinski definition) is 8. The SMILES string of the molecule is Cc1c(-c2ccc(N3CCc4cccc(C(=O)Nc5nc6ccccc6s5)c4C3)nc2C(=O)O)cnn1CC12CC3(C)CC(C)(C1)CC(OCCN(C)C(=O)OC/C=C/c1ccc(O[C@@H]4[C@@H](O)[C@H](O)[C@@H](C(=O)O)O[C@H]4O)c(NC(=O)CCNC(=O)CCCCCN4C(=O)C=CC4=O)c1)(C3)C2. The minimum Gasteiger partial charge on any atom is -0.480 e. The number of benzene rings is 3. The third kappa shape index (κ3) is 15.5. The average molecular weight is 1390 g/mol. The van der Waals surface area contributed by atoms with Crippen LogP contribution in [0.15, 0.2) is 97.2 Å². The maximum absolute atomic E-state index is 13.8. The summed E-state index contributed by atoms with van der Waals surface area (Å²) >= 11 is 1.41. The Hall–Kier alpha value is -9.45. The zero-order valence-electron chi connectivity index (χ0n) is 56.0. The molecule has 27 nitrogen and oxygen atoms in total. The Morgan fingerprint density at radius 3 is 2.35 bits per heavy atom. The molecule has 6 heterocycles. The molecule has 5 fully saturated rings. The van der Waals surface area contributed by atoms with Gasteiger partial charge in [-0.1, -0.05) is 68.0 Å². The highest BCUT2D eigenvalue weighted by atomic mass is 32.1. The Labute approximate surface area is 580 Å². The first kappa shape index (κ1) is 70.4. The number of aliphatic hydroxyl groups excluding tert-OH is 3. The Morgan fingerprint density at radius 1 is 0.830 bits per heavy atom. The van der Waals surface area contributed by atoms with Crippen LogP contribution >= 0.6 is 11.3 Å². The van der Waals surface area contributed by atoms with Crippen LogP contribution in [0.3, 0.4) is 0 Å². The molecule has 0 radical (unpaired) electrons. The number of imide groups is 1. The van der Waals surface area contributed by atoms with Crippen LogP contribution in [0.25, 0.3) is 27.4 Å². The number of amides is 6. The second-order valence-electron chi connectivity index (χ2n) is 28.1. The quantitative estimate of drug-likeness (QED) is 0.0183. The molecule has 4 aliphatic carbocycles. The molecule has 4 saturated carbocycles. The number of hydrogen-bond acceptors (Lipinski definition) is 20. The number of para-hydroxylation sites is 1. The smallest absolute Gasteiger partial charge is 0.409 e. The van der Waals surface area contributed by atoms with Crippen molar-refractivity contribution >= 4 is 91.8 Å². The molecule has 6 amide bonds. The molecule has 0 spiro atoms. The zero-order valence-corrected chi connectivity index (χ0v) is 56.8. The van der Waals surface area contributed by atoms with Crippen LogP contribution in [0.2, 0.25) is 0 Å².